The molecule has 1 N–H and O–H groups in total. The molecule has 14 heavy (non-hydrogen) atoms. The van der Waals surface area contributed by atoms with E-state index in [1.807, 2.05) is 36.5 Å². The van der Waals surface area contributed by atoms with Gasteiger partial charge in [-0.05, 0) is 15.0 Å². The van der Waals surface area contributed by atoms with Gasteiger partial charge >= 0.3 is 0 Å². The van der Waals surface area contributed by atoms with Crippen molar-refractivity contribution in [1.82, 2.24) is 9.55 Å². The predicted molar refractivity (Wildman–Crippen MR) is 58.7 cm³/mol. The number of rotatable bonds is 2. The van der Waals surface area contributed by atoms with E-state index in [1.165, 1.54) is 0 Å². The number of aliphatic hydroxyl groups excluding tert-OH is 1. The lowest BCUT2D eigenvalue weighted by Gasteiger charge is -1.98. The predicted octanol–water partition coefficient (Wildman–Crippen LogP) is 1.68. The SMILES string of the molecule is OCc1nn(P)cc1-c1ccccc1. The summed E-state index contributed by atoms with van der Waals surface area (Å²) in [7, 11) is 2.46. The number of nitrogens with zero attached hydrogens (tertiary/aromatic N) is 2. The maximum absolute atomic E-state index is 9.11. The molecular formula is C10H11N2OP. The molecule has 1 aromatic heterocycles. The van der Waals surface area contributed by atoms with E-state index in [4.69, 9.17) is 5.11 Å². The zero-order valence-corrected chi connectivity index (χ0v) is 8.74. The van der Waals surface area contributed by atoms with Crippen molar-refractivity contribution in [1.29, 1.82) is 0 Å². The zero-order chi connectivity index (χ0) is 9.97. The minimum Gasteiger partial charge on any atom is -0.390 e. The molecule has 0 saturated heterocycles. The average Bonchev–Trinajstić information content (AvgIpc) is 2.61. The standard InChI is InChI=1S/C10H11N2OP/c13-7-10-9(6-12(14)11-10)8-4-2-1-3-5-8/h1-6,13H,7,14H2. The Bertz CT molecular complexity index is 425. The van der Waals surface area contributed by atoms with Gasteiger partial charge in [-0.1, -0.05) is 30.3 Å². The summed E-state index contributed by atoms with van der Waals surface area (Å²) in [4.78, 5) is 0. The molecule has 2 aromatic rings. The molecule has 0 saturated carbocycles. The molecular weight excluding hydrogens is 195 g/mol. The van der Waals surface area contributed by atoms with Crippen LogP contribution in [0.15, 0.2) is 36.5 Å². The van der Waals surface area contributed by atoms with Gasteiger partial charge in [-0.25, -0.2) is 0 Å². The van der Waals surface area contributed by atoms with E-state index in [9.17, 15) is 0 Å². The van der Waals surface area contributed by atoms with Crippen LogP contribution in [-0.4, -0.2) is 14.7 Å². The second-order valence-electron chi connectivity index (χ2n) is 2.99. The van der Waals surface area contributed by atoms with Crippen LogP contribution in [0.3, 0.4) is 0 Å². The molecule has 1 atom stereocenters. The first-order valence-corrected chi connectivity index (χ1v) is 4.83. The maximum atomic E-state index is 9.11. The first-order valence-electron chi connectivity index (χ1n) is 4.31. The number of hydrogen-bond acceptors (Lipinski definition) is 2. The van der Waals surface area contributed by atoms with Crippen molar-refractivity contribution >= 4 is 9.39 Å². The van der Waals surface area contributed by atoms with Gasteiger partial charge in [0.1, 0.15) is 0 Å². The monoisotopic (exact) mass is 206 g/mol. The number of benzene rings is 1. The minimum absolute atomic E-state index is 0.0361. The van der Waals surface area contributed by atoms with Crippen molar-refractivity contribution in [2.24, 2.45) is 0 Å². The molecule has 2 rings (SSSR count). The lowest BCUT2D eigenvalue weighted by atomic mass is 10.1. The van der Waals surface area contributed by atoms with Crippen LogP contribution in [0.1, 0.15) is 5.69 Å². The van der Waals surface area contributed by atoms with Gasteiger partial charge in [0.25, 0.3) is 0 Å². The zero-order valence-electron chi connectivity index (χ0n) is 7.59. The molecule has 1 aromatic carbocycles. The second kappa shape index (κ2) is 3.91. The molecule has 0 spiro atoms. The van der Waals surface area contributed by atoms with Crippen LogP contribution < -0.4 is 0 Å². The summed E-state index contributed by atoms with van der Waals surface area (Å²) in [6, 6.07) is 9.90. The summed E-state index contributed by atoms with van der Waals surface area (Å²) < 4.78 is 1.63. The van der Waals surface area contributed by atoms with Crippen LogP contribution in [0, 0.1) is 0 Å². The molecule has 0 aliphatic heterocycles. The Balaban J connectivity index is 2.51. The summed E-state index contributed by atoms with van der Waals surface area (Å²) in [5, 5.41) is 13.2. The van der Waals surface area contributed by atoms with Gasteiger partial charge in [0, 0.05) is 11.8 Å². The summed E-state index contributed by atoms with van der Waals surface area (Å²) in [6.07, 6.45) is 1.88. The van der Waals surface area contributed by atoms with Crippen LogP contribution >= 0.6 is 9.39 Å². The first-order chi connectivity index (χ1) is 6.81. The number of hydrogen-bond donors (Lipinski definition) is 1. The molecule has 0 amide bonds. The quantitative estimate of drug-likeness (QED) is 0.759. The highest BCUT2D eigenvalue weighted by molar-refractivity contribution is 7.14. The van der Waals surface area contributed by atoms with Crippen LogP contribution in [-0.2, 0) is 6.61 Å². The van der Waals surface area contributed by atoms with E-state index in [0.29, 0.717) is 5.69 Å². The highest BCUT2D eigenvalue weighted by Gasteiger charge is 2.07. The van der Waals surface area contributed by atoms with Gasteiger partial charge in [-0.3, -0.25) is 4.45 Å². The van der Waals surface area contributed by atoms with Crippen LogP contribution in [0.25, 0.3) is 11.1 Å². The lowest BCUT2D eigenvalue weighted by Crippen LogP contribution is -1.87. The van der Waals surface area contributed by atoms with E-state index >= 15 is 0 Å². The second-order valence-corrected chi connectivity index (χ2v) is 3.52. The smallest absolute Gasteiger partial charge is 0.0960 e. The third-order valence-corrected chi connectivity index (χ3v) is 2.31. The molecule has 3 nitrogen and oxygen atoms in total. The Morgan fingerprint density at radius 1 is 1.29 bits per heavy atom. The topological polar surface area (TPSA) is 38.1 Å². The Hall–Kier alpha value is -1.18. The molecule has 1 unspecified atom stereocenters. The summed E-state index contributed by atoms with van der Waals surface area (Å²) in [6.45, 7) is -0.0361. The third kappa shape index (κ3) is 1.69. The minimum atomic E-state index is -0.0361. The van der Waals surface area contributed by atoms with Crippen LogP contribution in [0.2, 0.25) is 0 Å². The Morgan fingerprint density at radius 3 is 2.64 bits per heavy atom. The van der Waals surface area contributed by atoms with Gasteiger partial charge < -0.3 is 5.11 Å². The van der Waals surface area contributed by atoms with E-state index < -0.39 is 0 Å². The number of aliphatic hydroxyl groups is 1. The van der Waals surface area contributed by atoms with Gasteiger partial charge in [0.05, 0.1) is 12.3 Å². The molecule has 0 radical (unpaired) electrons. The summed E-state index contributed by atoms with van der Waals surface area (Å²) in [5.74, 6) is 0. The van der Waals surface area contributed by atoms with Crippen molar-refractivity contribution in [2.45, 2.75) is 6.61 Å². The largest absolute Gasteiger partial charge is 0.390 e. The Morgan fingerprint density at radius 2 is 2.00 bits per heavy atom. The van der Waals surface area contributed by atoms with Crippen molar-refractivity contribution in [2.75, 3.05) is 0 Å². The first kappa shape index (κ1) is 9.38. The van der Waals surface area contributed by atoms with E-state index in [0.717, 1.165) is 11.1 Å². The van der Waals surface area contributed by atoms with Crippen molar-refractivity contribution < 1.29 is 5.11 Å². The van der Waals surface area contributed by atoms with Crippen molar-refractivity contribution in [3.05, 3.63) is 42.2 Å². The molecule has 72 valence electrons. The molecule has 0 aliphatic carbocycles. The third-order valence-electron chi connectivity index (χ3n) is 2.04. The maximum Gasteiger partial charge on any atom is 0.0960 e. The Labute approximate surface area is 84.6 Å². The van der Waals surface area contributed by atoms with Crippen LogP contribution in [0.5, 0.6) is 0 Å². The molecule has 0 aliphatic rings. The number of aromatic nitrogens is 2. The molecule has 4 heteroatoms. The fourth-order valence-corrected chi connectivity index (χ4v) is 1.69. The van der Waals surface area contributed by atoms with Gasteiger partial charge in [0.2, 0.25) is 0 Å². The summed E-state index contributed by atoms with van der Waals surface area (Å²) >= 11 is 0. The molecule has 0 bridgehead atoms. The Kier molecular flexibility index (Phi) is 2.62. The highest BCUT2D eigenvalue weighted by Crippen LogP contribution is 2.23. The van der Waals surface area contributed by atoms with Crippen molar-refractivity contribution in [3.63, 3.8) is 0 Å². The van der Waals surface area contributed by atoms with E-state index in [2.05, 4.69) is 14.5 Å². The van der Waals surface area contributed by atoms with Gasteiger partial charge in [-0.15, -0.1) is 0 Å². The highest BCUT2D eigenvalue weighted by atomic mass is 31.0. The van der Waals surface area contributed by atoms with E-state index in [-0.39, 0.29) is 6.61 Å². The van der Waals surface area contributed by atoms with E-state index in [1.54, 1.807) is 4.45 Å². The van der Waals surface area contributed by atoms with Crippen molar-refractivity contribution in [3.8, 4) is 11.1 Å². The molecule has 0 fully saturated rings. The average molecular weight is 206 g/mol. The molecule has 1 heterocycles. The lowest BCUT2D eigenvalue weighted by molar-refractivity contribution is 0.277. The summed E-state index contributed by atoms with van der Waals surface area (Å²) in [5.41, 5.74) is 2.75. The van der Waals surface area contributed by atoms with Crippen LogP contribution in [0.4, 0.5) is 0 Å². The fraction of sp³-hybridized carbons (Fsp3) is 0.100. The normalized spacial score (nSPS) is 10.4. The van der Waals surface area contributed by atoms with Gasteiger partial charge in [-0.2, -0.15) is 5.10 Å². The van der Waals surface area contributed by atoms with Gasteiger partial charge in [0.15, 0.2) is 0 Å². The fourth-order valence-electron chi connectivity index (χ4n) is 1.40.